The highest BCUT2D eigenvalue weighted by Crippen LogP contribution is 2.44. The van der Waals surface area contributed by atoms with Gasteiger partial charge in [0.05, 0.1) is 39.0 Å². The van der Waals surface area contributed by atoms with E-state index in [0.717, 1.165) is 60.9 Å². The molecule has 4 heterocycles. The van der Waals surface area contributed by atoms with Gasteiger partial charge in [0.1, 0.15) is 0 Å². The summed E-state index contributed by atoms with van der Waals surface area (Å²) in [6.07, 6.45) is 0. The van der Waals surface area contributed by atoms with Crippen molar-refractivity contribution in [2.45, 2.75) is 0 Å². The lowest BCUT2D eigenvalue weighted by Crippen LogP contribution is -2.00. The average Bonchev–Trinajstić information content (AvgIpc) is 4.03. The minimum atomic E-state index is 0.712. The number of hydrogen-bond acceptors (Lipinski definition) is 3. The Hall–Kier alpha value is -8.64. The van der Waals surface area contributed by atoms with Crippen LogP contribution in [0.5, 0.6) is 0 Å². The maximum atomic E-state index is 5.53. The largest absolute Gasteiger partial charge is 0.309 e. The predicted molar refractivity (Wildman–Crippen MR) is 284 cm³/mol. The van der Waals surface area contributed by atoms with Crippen molar-refractivity contribution in [1.29, 1.82) is 0 Å². The van der Waals surface area contributed by atoms with Gasteiger partial charge in [-0.2, -0.15) is 0 Å². The monoisotopic (exact) mass is 868 g/mol. The zero-order valence-electron chi connectivity index (χ0n) is 36.0. The molecule has 4 nitrogen and oxygen atoms in total. The summed E-state index contributed by atoms with van der Waals surface area (Å²) in [6, 6.07) is 79.7. The summed E-state index contributed by atoms with van der Waals surface area (Å²) < 4.78 is 7.46. The molecule has 0 spiro atoms. The van der Waals surface area contributed by atoms with E-state index < -0.39 is 0 Å². The number of rotatable bonds is 4. The number of aromatic nitrogens is 4. The Balaban J connectivity index is 0.989. The smallest absolute Gasteiger partial charge is 0.161 e. The van der Waals surface area contributed by atoms with Crippen LogP contribution in [0, 0.1) is 0 Å². The second-order valence-corrected chi connectivity index (χ2v) is 18.7. The first kappa shape index (κ1) is 36.7. The van der Waals surface area contributed by atoms with E-state index in [9.17, 15) is 0 Å². The number of thiophene rings is 1. The zero-order chi connectivity index (χ0) is 43.7. The molecule has 0 radical (unpaired) electrons. The zero-order valence-corrected chi connectivity index (χ0v) is 36.8. The fraction of sp³-hybridized carbons (Fsp3) is 0. The van der Waals surface area contributed by atoms with Crippen molar-refractivity contribution < 1.29 is 0 Å². The van der Waals surface area contributed by atoms with E-state index in [-0.39, 0.29) is 0 Å². The van der Waals surface area contributed by atoms with Crippen LogP contribution < -0.4 is 0 Å². The van der Waals surface area contributed by atoms with Crippen molar-refractivity contribution >= 4 is 118 Å². The summed E-state index contributed by atoms with van der Waals surface area (Å²) in [4.78, 5) is 10.9. The van der Waals surface area contributed by atoms with E-state index in [0.29, 0.717) is 5.82 Å². The van der Waals surface area contributed by atoms with Crippen molar-refractivity contribution in [3.05, 3.63) is 218 Å². The Bertz CT molecular complexity index is 4590. The molecule has 0 bridgehead atoms. The van der Waals surface area contributed by atoms with Crippen LogP contribution in [-0.4, -0.2) is 19.1 Å². The first-order chi connectivity index (χ1) is 33.2. The van der Waals surface area contributed by atoms with Crippen molar-refractivity contribution in [1.82, 2.24) is 19.1 Å². The van der Waals surface area contributed by atoms with Crippen molar-refractivity contribution in [3.8, 4) is 34.0 Å². The van der Waals surface area contributed by atoms with Gasteiger partial charge >= 0.3 is 0 Å². The van der Waals surface area contributed by atoms with Crippen LogP contribution >= 0.6 is 11.3 Å². The molecule has 67 heavy (non-hydrogen) atoms. The molecule has 15 aromatic rings. The van der Waals surface area contributed by atoms with Crippen LogP contribution in [0.25, 0.3) is 141 Å². The standard InChI is InChI=1S/C62H36N4S/c1-3-16-39-34-56-51(32-37(39)14-1)44-20-8-11-26-54(44)65(56)41-28-29-45-52-33-38-15-2-4-17-40(38)35-57(52)66(58(45)36-41)55-31-30-48(42-18-5-6-19-43(42)55)62-63-53-25-10-7-22-49(53)60(64-62)50-24-13-23-47-46-21-9-12-27-59(46)67-61(47)50/h1-36H. The fourth-order valence-electron chi connectivity index (χ4n) is 11.0. The van der Waals surface area contributed by atoms with Gasteiger partial charge in [0, 0.05) is 69.3 Å². The first-order valence-electron chi connectivity index (χ1n) is 22.8. The van der Waals surface area contributed by atoms with E-state index in [2.05, 4.69) is 228 Å². The minimum Gasteiger partial charge on any atom is -0.309 e. The van der Waals surface area contributed by atoms with Gasteiger partial charge in [0.25, 0.3) is 0 Å². The Labute approximate surface area is 387 Å². The lowest BCUT2D eigenvalue weighted by atomic mass is 10.00. The molecule has 0 N–H and O–H groups in total. The van der Waals surface area contributed by atoms with E-state index >= 15 is 0 Å². The molecular formula is C62H36N4S. The second kappa shape index (κ2) is 13.9. The highest BCUT2D eigenvalue weighted by Gasteiger charge is 2.22. The molecular weight excluding hydrogens is 833 g/mol. The van der Waals surface area contributed by atoms with Crippen LogP contribution in [0.1, 0.15) is 0 Å². The molecule has 0 aliphatic heterocycles. The number of nitrogens with zero attached hydrogens (tertiary/aromatic N) is 4. The quantitative estimate of drug-likeness (QED) is 0.177. The molecule has 0 atom stereocenters. The van der Waals surface area contributed by atoms with E-state index in [1.165, 1.54) is 74.3 Å². The topological polar surface area (TPSA) is 35.6 Å². The molecule has 0 aliphatic carbocycles. The maximum absolute atomic E-state index is 5.53. The second-order valence-electron chi connectivity index (χ2n) is 17.7. The number of fused-ring (bicyclic) bond motifs is 13. The molecule has 0 saturated heterocycles. The predicted octanol–water partition coefficient (Wildman–Crippen LogP) is 17.0. The summed E-state index contributed by atoms with van der Waals surface area (Å²) in [7, 11) is 0. The van der Waals surface area contributed by atoms with Crippen LogP contribution in [0.15, 0.2) is 218 Å². The maximum Gasteiger partial charge on any atom is 0.161 e. The van der Waals surface area contributed by atoms with E-state index in [1.807, 2.05) is 11.3 Å². The van der Waals surface area contributed by atoms with Gasteiger partial charge in [-0.05, 0) is 93.7 Å². The average molecular weight is 869 g/mol. The van der Waals surface area contributed by atoms with Gasteiger partial charge < -0.3 is 9.13 Å². The molecule has 0 aliphatic rings. The highest BCUT2D eigenvalue weighted by atomic mass is 32.1. The van der Waals surface area contributed by atoms with Crippen LogP contribution in [0.3, 0.4) is 0 Å². The number of hydrogen-bond donors (Lipinski definition) is 0. The fourth-order valence-corrected chi connectivity index (χ4v) is 12.2. The molecule has 0 unspecified atom stereocenters. The first-order valence-corrected chi connectivity index (χ1v) is 23.6. The highest BCUT2D eigenvalue weighted by molar-refractivity contribution is 7.26. The van der Waals surface area contributed by atoms with Gasteiger partial charge in [0.2, 0.25) is 0 Å². The Morgan fingerprint density at radius 2 is 0.910 bits per heavy atom. The SMILES string of the molecule is c1ccc2cc3c(cc2c1)c1ccccc1n3-c1ccc2c3cc4ccccc4cc3n(-c3ccc(-c4nc(-c5cccc6c5sc5ccccc56)c5ccccc5n4)c4ccccc34)c2c1. The van der Waals surface area contributed by atoms with Crippen LogP contribution in [0.4, 0.5) is 0 Å². The van der Waals surface area contributed by atoms with Crippen molar-refractivity contribution in [2.75, 3.05) is 0 Å². The Morgan fingerprint density at radius 1 is 0.328 bits per heavy atom. The van der Waals surface area contributed by atoms with Crippen LogP contribution in [-0.2, 0) is 0 Å². The Kier molecular flexibility index (Phi) is 7.63. The van der Waals surface area contributed by atoms with Crippen molar-refractivity contribution in [2.24, 2.45) is 0 Å². The molecule has 0 fully saturated rings. The lowest BCUT2D eigenvalue weighted by Gasteiger charge is -2.16. The minimum absolute atomic E-state index is 0.712. The molecule has 11 aromatic carbocycles. The van der Waals surface area contributed by atoms with Gasteiger partial charge in [-0.1, -0.05) is 152 Å². The molecule has 0 amide bonds. The third kappa shape index (κ3) is 5.34. The Morgan fingerprint density at radius 3 is 1.69 bits per heavy atom. The summed E-state index contributed by atoms with van der Waals surface area (Å²) in [6.45, 7) is 0. The van der Waals surface area contributed by atoms with E-state index in [4.69, 9.17) is 9.97 Å². The van der Waals surface area contributed by atoms with Gasteiger partial charge in [-0.15, -0.1) is 11.3 Å². The number of benzene rings is 11. The number of para-hydroxylation sites is 2. The molecule has 310 valence electrons. The molecule has 15 rings (SSSR count). The van der Waals surface area contributed by atoms with Crippen LogP contribution in [0.2, 0.25) is 0 Å². The van der Waals surface area contributed by atoms with E-state index in [1.54, 1.807) is 0 Å². The van der Waals surface area contributed by atoms with Gasteiger partial charge in [-0.3, -0.25) is 0 Å². The normalized spacial score (nSPS) is 12.2. The molecule has 0 saturated carbocycles. The summed E-state index contributed by atoms with van der Waals surface area (Å²) in [5, 5.41) is 15.6. The summed E-state index contributed by atoms with van der Waals surface area (Å²) in [5.41, 5.74) is 10.9. The van der Waals surface area contributed by atoms with Gasteiger partial charge in [-0.25, -0.2) is 9.97 Å². The third-order valence-electron chi connectivity index (χ3n) is 14.1. The molecule has 5 heteroatoms. The van der Waals surface area contributed by atoms with Crippen molar-refractivity contribution in [3.63, 3.8) is 0 Å². The third-order valence-corrected chi connectivity index (χ3v) is 15.3. The summed E-state index contributed by atoms with van der Waals surface area (Å²) in [5.74, 6) is 0.712. The lowest BCUT2D eigenvalue weighted by molar-refractivity contribution is 1.16. The van der Waals surface area contributed by atoms with Gasteiger partial charge in [0.15, 0.2) is 5.82 Å². The summed E-state index contributed by atoms with van der Waals surface area (Å²) >= 11 is 1.84. The molecule has 4 aromatic heterocycles.